The molecule has 2 rings (SSSR count). The van der Waals surface area contributed by atoms with Gasteiger partial charge in [0.25, 0.3) is 0 Å². The summed E-state index contributed by atoms with van der Waals surface area (Å²) in [5.74, 6) is -4.86. The molecule has 0 bridgehead atoms. The summed E-state index contributed by atoms with van der Waals surface area (Å²) >= 11 is 0. The van der Waals surface area contributed by atoms with Gasteiger partial charge in [0.1, 0.15) is 0 Å². The number of alkyl halides is 4. The van der Waals surface area contributed by atoms with E-state index < -0.39 is 48.0 Å². The van der Waals surface area contributed by atoms with Crippen LogP contribution in [0.4, 0.5) is 26.3 Å². The van der Waals surface area contributed by atoms with Crippen molar-refractivity contribution < 1.29 is 44.7 Å². The number of benzene rings is 1. The molecule has 0 spiro atoms. The van der Waals surface area contributed by atoms with Crippen molar-refractivity contribution in [3.8, 4) is 5.75 Å². The summed E-state index contributed by atoms with van der Waals surface area (Å²) in [6.07, 6.45) is -1.32. The Bertz CT molecular complexity index is 940. The van der Waals surface area contributed by atoms with E-state index in [1.165, 1.54) is 41.5 Å². The Morgan fingerprint density at radius 2 is 1.37 bits per heavy atom. The summed E-state index contributed by atoms with van der Waals surface area (Å²) in [5, 5.41) is 0. The van der Waals surface area contributed by atoms with Crippen molar-refractivity contribution in [2.24, 2.45) is 5.92 Å². The quantitative estimate of drug-likeness (QED) is 0.191. The van der Waals surface area contributed by atoms with Crippen molar-refractivity contribution in [1.82, 2.24) is 0 Å². The molecule has 0 unspecified atom stereocenters. The minimum absolute atomic E-state index is 0.0507. The van der Waals surface area contributed by atoms with Crippen molar-refractivity contribution in [2.75, 3.05) is 0 Å². The van der Waals surface area contributed by atoms with Crippen LogP contribution in [0.15, 0.2) is 24.8 Å². The van der Waals surface area contributed by atoms with E-state index in [9.17, 15) is 22.1 Å². The molecule has 1 fully saturated rings. The van der Waals surface area contributed by atoms with Crippen molar-refractivity contribution in [3.05, 3.63) is 42.0 Å². The first-order valence-electron chi connectivity index (χ1n) is 11.3. The predicted octanol–water partition coefficient (Wildman–Crippen LogP) is 8.81. The van der Waals surface area contributed by atoms with E-state index in [4.69, 9.17) is 9.05 Å². The van der Waals surface area contributed by atoms with Crippen molar-refractivity contribution in [3.63, 3.8) is 0 Å². The van der Waals surface area contributed by atoms with Gasteiger partial charge in [0.05, 0.1) is 11.2 Å². The maximum Gasteiger partial charge on any atom is 0.477 e. The smallest absolute Gasteiger partial charge is 0.424 e. The zero-order chi connectivity index (χ0) is 27.0. The van der Waals surface area contributed by atoms with Gasteiger partial charge in [-0.1, -0.05) is 12.1 Å². The molecule has 1 aromatic rings. The molecule has 0 N–H and O–H groups in total. The van der Waals surface area contributed by atoms with Gasteiger partial charge in [-0.3, -0.25) is 13.6 Å². The highest BCUT2D eigenvalue weighted by Gasteiger charge is 2.74. The number of hydrogen-bond acceptors (Lipinski definition) is 4. The van der Waals surface area contributed by atoms with Gasteiger partial charge < -0.3 is 4.74 Å². The molecule has 0 atom stereocenters. The minimum Gasteiger partial charge on any atom is -0.424 e. The Morgan fingerprint density at radius 3 is 1.80 bits per heavy atom. The Labute approximate surface area is 202 Å². The summed E-state index contributed by atoms with van der Waals surface area (Å²) in [7, 11) is -5.92. The van der Waals surface area contributed by atoms with Crippen LogP contribution in [0.1, 0.15) is 78.7 Å². The Morgan fingerprint density at radius 1 is 0.886 bits per heavy atom. The molecule has 0 amide bonds. The minimum atomic E-state index is -5.92. The van der Waals surface area contributed by atoms with Gasteiger partial charge in [-0.25, -0.2) is 4.39 Å². The molecule has 1 aliphatic carbocycles. The Balaban J connectivity index is 2.38. The second-order valence-electron chi connectivity index (χ2n) is 10.7. The first-order chi connectivity index (χ1) is 15.7. The van der Waals surface area contributed by atoms with Crippen LogP contribution in [0.3, 0.4) is 0 Å². The topological polar surface area (TPSA) is 44.8 Å². The SMILES string of the molecule is C=CC1CCC(c2ccc(OC(F)(F)C(F)(F)P(=O)(OC(C)(C)C)OC(C)(C)C)c(F)c2F)CC1. The fourth-order valence-corrected chi connectivity index (χ4v) is 5.89. The lowest BCUT2D eigenvalue weighted by molar-refractivity contribution is -0.283. The molecule has 35 heavy (non-hydrogen) atoms. The normalized spacial score (nSPS) is 20.6. The van der Waals surface area contributed by atoms with Gasteiger partial charge in [0.15, 0.2) is 11.6 Å². The molecule has 0 aromatic heterocycles. The Kier molecular flexibility index (Phi) is 8.57. The maximum absolute atomic E-state index is 15.1. The van der Waals surface area contributed by atoms with Crippen LogP contribution in [0.2, 0.25) is 0 Å². The van der Waals surface area contributed by atoms with Crippen molar-refractivity contribution >= 4 is 7.60 Å². The molecule has 1 aromatic carbocycles. The van der Waals surface area contributed by atoms with Crippen LogP contribution in [-0.4, -0.2) is 23.0 Å². The zero-order valence-electron chi connectivity index (χ0n) is 20.8. The maximum atomic E-state index is 15.1. The van der Waals surface area contributed by atoms with Crippen LogP contribution in [-0.2, 0) is 13.6 Å². The average molecular weight is 530 g/mol. The fourth-order valence-electron chi connectivity index (χ4n) is 3.82. The number of allylic oxidation sites excluding steroid dienone is 1. The number of hydrogen-bond donors (Lipinski definition) is 0. The second kappa shape index (κ2) is 10.1. The molecule has 11 heteroatoms. The highest BCUT2D eigenvalue weighted by molar-refractivity contribution is 7.55. The van der Waals surface area contributed by atoms with Gasteiger partial charge in [-0.2, -0.15) is 22.0 Å². The lowest BCUT2D eigenvalue weighted by atomic mass is 9.78. The van der Waals surface area contributed by atoms with E-state index >= 15 is 8.78 Å². The number of halogens is 6. The number of rotatable bonds is 8. The summed E-state index contributed by atoms with van der Waals surface area (Å²) in [4.78, 5) is 0. The predicted molar refractivity (Wildman–Crippen MR) is 121 cm³/mol. The summed E-state index contributed by atoms with van der Waals surface area (Å²) < 4.78 is 116. The van der Waals surface area contributed by atoms with Crippen LogP contribution < -0.4 is 4.74 Å². The van der Waals surface area contributed by atoms with E-state index in [1.807, 2.05) is 0 Å². The molecule has 200 valence electrons. The summed E-state index contributed by atoms with van der Waals surface area (Å²) in [6, 6.07) is 1.70. The van der Waals surface area contributed by atoms with Crippen LogP contribution in [0.25, 0.3) is 0 Å². The molecule has 1 aliphatic rings. The van der Waals surface area contributed by atoms with Gasteiger partial charge in [0, 0.05) is 0 Å². The molecule has 0 radical (unpaired) electrons. The monoisotopic (exact) mass is 530 g/mol. The lowest BCUT2D eigenvalue weighted by Crippen LogP contribution is -2.48. The van der Waals surface area contributed by atoms with E-state index in [0.29, 0.717) is 31.7 Å². The van der Waals surface area contributed by atoms with E-state index in [2.05, 4.69) is 11.3 Å². The van der Waals surface area contributed by atoms with Crippen LogP contribution >= 0.6 is 7.60 Å². The molecular weight excluding hydrogens is 497 g/mol. The first-order valence-corrected chi connectivity index (χ1v) is 12.8. The average Bonchev–Trinajstić information content (AvgIpc) is 2.68. The van der Waals surface area contributed by atoms with E-state index in [-0.39, 0.29) is 17.4 Å². The summed E-state index contributed by atoms with van der Waals surface area (Å²) in [5.41, 5.74) is -8.76. The third-order valence-corrected chi connectivity index (χ3v) is 7.87. The van der Waals surface area contributed by atoms with E-state index in [0.717, 1.165) is 6.07 Å². The molecule has 4 nitrogen and oxygen atoms in total. The lowest BCUT2D eigenvalue weighted by Gasteiger charge is -2.37. The van der Waals surface area contributed by atoms with Gasteiger partial charge in [-0.15, -0.1) is 6.58 Å². The highest BCUT2D eigenvalue weighted by atomic mass is 31.2. The molecule has 1 saturated carbocycles. The molecule has 0 heterocycles. The van der Waals surface area contributed by atoms with Crippen molar-refractivity contribution in [2.45, 2.75) is 96.1 Å². The third-order valence-electron chi connectivity index (χ3n) is 5.34. The summed E-state index contributed by atoms with van der Waals surface area (Å²) in [6.45, 7) is 11.0. The standard InChI is InChI=1S/C24H33F6O4P/c1-8-15-9-11-16(12-10-15)17-13-14-18(20(26)19(17)25)32-23(27,28)24(29,30)35(31,33-21(2,3)4)34-22(5,6)7/h8,13-16H,1,9-12H2,2-7H3. The molecule has 0 saturated heterocycles. The third kappa shape index (κ3) is 6.83. The molecular formula is C24H33F6O4P. The first kappa shape index (κ1) is 29.7. The van der Waals surface area contributed by atoms with Gasteiger partial charge >= 0.3 is 19.4 Å². The second-order valence-corrected chi connectivity index (χ2v) is 12.6. The molecule has 0 aliphatic heterocycles. The van der Waals surface area contributed by atoms with Crippen LogP contribution in [0.5, 0.6) is 5.75 Å². The van der Waals surface area contributed by atoms with Gasteiger partial charge in [-0.05, 0) is 90.7 Å². The Hall–Kier alpha value is -1.51. The van der Waals surface area contributed by atoms with Crippen molar-refractivity contribution in [1.29, 1.82) is 0 Å². The van der Waals surface area contributed by atoms with Crippen LogP contribution in [0, 0.1) is 17.6 Å². The fraction of sp³-hybridized carbons (Fsp3) is 0.667. The number of ether oxygens (including phenoxy) is 1. The highest BCUT2D eigenvalue weighted by Crippen LogP contribution is 2.70. The zero-order valence-corrected chi connectivity index (χ0v) is 21.7. The van der Waals surface area contributed by atoms with Gasteiger partial charge in [0.2, 0.25) is 5.82 Å². The van der Waals surface area contributed by atoms with E-state index in [1.54, 1.807) is 6.08 Å². The largest absolute Gasteiger partial charge is 0.477 e.